The predicted molar refractivity (Wildman–Crippen MR) is 62.3 cm³/mol. The topological polar surface area (TPSA) is 29.3 Å². The normalized spacial score (nSPS) is 25.4. The van der Waals surface area contributed by atoms with Crippen molar-refractivity contribution in [3.8, 4) is 0 Å². The molecule has 0 bridgehead atoms. The fraction of sp³-hybridized carbons (Fsp3) is 0.833. The van der Waals surface area contributed by atoms with Crippen LogP contribution in [0.3, 0.4) is 0 Å². The minimum atomic E-state index is 0.0885. The van der Waals surface area contributed by atoms with Gasteiger partial charge in [0.05, 0.1) is 0 Å². The van der Waals surface area contributed by atoms with E-state index in [1.807, 2.05) is 6.08 Å². The molecule has 0 aromatic rings. The molecule has 1 heterocycles. The molecule has 1 aliphatic heterocycles. The maximum absolute atomic E-state index is 6.13. The van der Waals surface area contributed by atoms with Crippen LogP contribution in [0.2, 0.25) is 0 Å². The van der Waals surface area contributed by atoms with Crippen LogP contribution in [0.1, 0.15) is 39.5 Å². The fourth-order valence-corrected chi connectivity index (χ4v) is 2.33. The minimum Gasteiger partial charge on any atom is -0.323 e. The summed E-state index contributed by atoms with van der Waals surface area (Å²) in [4.78, 5) is 2.54. The second-order valence-corrected chi connectivity index (χ2v) is 4.52. The van der Waals surface area contributed by atoms with Crippen molar-refractivity contribution in [2.24, 2.45) is 5.73 Å². The Balaban J connectivity index is 2.70. The van der Waals surface area contributed by atoms with Gasteiger partial charge in [0.25, 0.3) is 0 Å². The Kier molecular flexibility index (Phi) is 4.14. The van der Waals surface area contributed by atoms with Gasteiger partial charge in [0.1, 0.15) is 0 Å². The summed E-state index contributed by atoms with van der Waals surface area (Å²) in [5.74, 6) is 0. The third-order valence-corrected chi connectivity index (χ3v) is 3.77. The molecule has 1 fully saturated rings. The van der Waals surface area contributed by atoms with E-state index in [9.17, 15) is 0 Å². The first kappa shape index (κ1) is 11.7. The van der Waals surface area contributed by atoms with E-state index in [0.29, 0.717) is 0 Å². The van der Waals surface area contributed by atoms with Gasteiger partial charge in [-0.25, -0.2) is 0 Å². The molecule has 14 heavy (non-hydrogen) atoms. The molecule has 1 aliphatic rings. The van der Waals surface area contributed by atoms with Crippen LogP contribution in [-0.2, 0) is 0 Å². The van der Waals surface area contributed by atoms with Gasteiger partial charge in [-0.2, -0.15) is 0 Å². The lowest BCUT2D eigenvalue weighted by Crippen LogP contribution is -2.58. The molecule has 0 aromatic heterocycles. The van der Waals surface area contributed by atoms with Crippen LogP contribution in [0.25, 0.3) is 0 Å². The molecule has 2 nitrogen and oxygen atoms in total. The van der Waals surface area contributed by atoms with Gasteiger partial charge in [-0.3, -0.25) is 4.90 Å². The molecule has 1 saturated heterocycles. The van der Waals surface area contributed by atoms with Gasteiger partial charge in [-0.15, -0.1) is 6.58 Å². The van der Waals surface area contributed by atoms with E-state index >= 15 is 0 Å². The van der Waals surface area contributed by atoms with Crippen LogP contribution >= 0.6 is 0 Å². The van der Waals surface area contributed by atoms with E-state index in [4.69, 9.17) is 5.73 Å². The van der Waals surface area contributed by atoms with Crippen LogP contribution < -0.4 is 5.73 Å². The van der Waals surface area contributed by atoms with E-state index in [1.54, 1.807) is 0 Å². The zero-order valence-corrected chi connectivity index (χ0v) is 9.63. The number of piperidine rings is 1. The van der Waals surface area contributed by atoms with E-state index < -0.39 is 0 Å². The maximum Gasteiger partial charge on any atom is 0.0406 e. The Morgan fingerprint density at radius 1 is 1.43 bits per heavy atom. The summed E-state index contributed by atoms with van der Waals surface area (Å²) in [6, 6.07) is 0.0885. The third kappa shape index (κ3) is 2.18. The maximum atomic E-state index is 6.13. The standard InChI is InChI=1S/C12H24N2/c1-4-11(13)12(3,5-2)14-9-7-6-8-10-14/h4,11H,1,5-10,13H2,2-3H3. The Bertz CT molecular complexity index is 185. The van der Waals surface area contributed by atoms with Crippen LogP contribution in [0.15, 0.2) is 12.7 Å². The van der Waals surface area contributed by atoms with Crippen molar-refractivity contribution in [1.82, 2.24) is 4.90 Å². The van der Waals surface area contributed by atoms with Crippen LogP contribution in [0.4, 0.5) is 0 Å². The van der Waals surface area contributed by atoms with Crippen LogP contribution in [0.5, 0.6) is 0 Å². The zero-order valence-electron chi connectivity index (χ0n) is 9.63. The molecule has 0 radical (unpaired) electrons. The minimum absolute atomic E-state index is 0.0885. The molecule has 0 saturated carbocycles. The van der Waals surface area contributed by atoms with Gasteiger partial charge in [-0.05, 0) is 39.3 Å². The highest BCUT2D eigenvalue weighted by atomic mass is 15.2. The average molecular weight is 196 g/mol. The Morgan fingerprint density at radius 3 is 2.43 bits per heavy atom. The van der Waals surface area contributed by atoms with E-state index in [0.717, 1.165) is 6.42 Å². The summed E-state index contributed by atoms with van der Waals surface area (Å²) < 4.78 is 0. The number of nitrogens with zero attached hydrogens (tertiary/aromatic N) is 1. The summed E-state index contributed by atoms with van der Waals surface area (Å²) in [6.07, 6.45) is 7.00. The highest BCUT2D eigenvalue weighted by molar-refractivity contribution is 5.03. The Hall–Kier alpha value is -0.340. The molecule has 0 aromatic carbocycles. The van der Waals surface area contributed by atoms with Crippen molar-refractivity contribution in [3.63, 3.8) is 0 Å². The summed E-state index contributed by atoms with van der Waals surface area (Å²) in [5, 5.41) is 0. The molecular formula is C12H24N2. The van der Waals surface area contributed by atoms with Gasteiger partial charge >= 0.3 is 0 Å². The molecular weight excluding hydrogens is 172 g/mol. The summed E-state index contributed by atoms with van der Waals surface area (Å²) >= 11 is 0. The number of nitrogens with two attached hydrogens (primary N) is 1. The van der Waals surface area contributed by atoms with Crippen molar-refractivity contribution in [2.45, 2.75) is 51.1 Å². The summed E-state index contributed by atoms with van der Waals surface area (Å²) in [7, 11) is 0. The van der Waals surface area contributed by atoms with Crippen molar-refractivity contribution in [1.29, 1.82) is 0 Å². The molecule has 2 atom stereocenters. The lowest BCUT2D eigenvalue weighted by molar-refractivity contribution is 0.0665. The lowest BCUT2D eigenvalue weighted by Gasteiger charge is -2.45. The molecule has 2 heteroatoms. The highest BCUT2D eigenvalue weighted by Gasteiger charge is 2.34. The van der Waals surface area contributed by atoms with Crippen LogP contribution in [-0.4, -0.2) is 29.6 Å². The first-order valence-corrected chi connectivity index (χ1v) is 5.78. The third-order valence-electron chi connectivity index (χ3n) is 3.77. The lowest BCUT2D eigenvalue weighted by atomic mass is 9.86. The van der Waals surface area contributed by atoms with Crippen molar-refractivity contribution in [3.05, 3.63) is 12.7 Å². The first-order chi connectivity index (χ1) is 6.65. The zero-order chi connectivity index (χ0) is 10.6. The molecule has 82 valence electrons. The number of hydrogen-bond donors (Lipinski definition) is 1. The SMILES string of the molecule is C=CC(N)C(C)(CC)N1CCCCC1. The van der Waals surface area contributed by atoms with Gasteiger partial charge in [0.15, 0.2) is 0 Å². The van der Waals surface area contributed by atoms with Crippen molar-refractivity contribution in [2.75, 3.05) is 13.1 Å². The molecule has 2 unspecified atom stereocenters. The largest absolute Gasteiger partial charge is 0.323 e. The Morgan fingerprint density at radius 2 is 2.00 bits per heavy atom. The summed E-state index contributed by atoms with van der Waals surface area (Å²) in [5.41, 5.74) is 6.25. The van der Waals surface area contributed by atoms with E-state index in [1.165, 1.54) is 32.4 Å². The molecule has 2 N–H and O–H groups in total. The second kappa shape index (κ2) is 4.94. The van der Waals surface area contributed by atoms with Gasteiger partial charge in [0, 0.05) is 11.6 Å². The van der Waals surface area contributed by atoms with Crippen LogP contribution in [0, 0.1) is 0 Å². The summed E-state index contributed by atoms with van der Waals surface area (Å²) in [6.45, 7) is 10.7. The smallest absolute Gasteiger partial charge is 0.0406 e. The second-order valence-electron chi connectivity index (χ2n) is 4.52. The fourth-order valence-electron chi connectivity index (χ4n) is 2.33. The molecule has 1 rings (SSSR count). The predicted octanol–water partition coefficient (Wildman–Crippen LogP) is 2.15. The molecule has 0 spiro atoms. The van der Waals surface area contributed by atoms with Gasteiger partial charge < -0.3 is 5.73 Å². The van der Waals surface area contributed by atoms with Gasteiger partial charge in [-0.1, -0.05) is 19.4 Å². The number of hydrogen-bond acceptors (Lipinski definition) is 2. The molecule has 0 aliphatic carbocycles. The first-order valence-electron chi connectivity index (χ1n) is 5.78. The monoisotopic (exact) mass is 196 g/mol. The van der Waals surface area contributed by atoms with Crippen molar-refractivity contribution >= 4 is 0 Å². The average Bonchev–Trinajstić information content (AvgIpc) is 2.28. The van der Waals surface area contributed by atoms with E-state index in [2.05, 4.69) is 25.3 Å². The Labute approximate surface area is 88.2 Å². The van der Waals surface area contributed by atoms with E-state index in [-0.39, 0.29) is 11.6 Å². The number of likely N-dealkylation sites (tertiary alicyclic amines) is 1. The van der Waals surface area contributed by atoms with Crippen molar-refractivity contribution < 1.29 is 0 Å². The molecule has 0 amide bonds. The van der Waals surface area contributed by atoms with Gasteiger partial charge in [0.2, 0.25) is 0 Å². The highest BCUT2D eigenvalue weighted by Crippen LogP contribution is 2.26. The quantitative estimate of drug-likeness (QED) is 0.698. The number of rotatable bonds is 4.